The summed E-state index contributed by atoms with van der Waals surface area (Å²) in [4.78, 5) is 17.6. The Balaban J connectivity index is 1.80. The van der Waals surface area contributed by atoms with Crippen molar-refractivity contribution in [1.29, 1.82) is 0 Å². The monoisotopic (exact) mass is 306 g/mol. The summed E-state index contributed by atoms with van der Waals surface area (Å²) in [5.74, 6) is 0.0704. The first kappa shape index (κ1) is 15.7. The molecule has 0 aliphatic carbocycles. The third-order valence-corrected chi connectivity index (χ3v) is 4.59. The minimum Gasteiger partial charge on any atom is -0.351 e. The van der Waals surface area contributed by atoms with Gasteiger partial charge in [0.2, 0.25) is 5.91 Å². The summed E-state index contributed by atoms with van der Waals surface area (Å²) in [6, 6.07) is 1.94. The van der Waals surface area contributed by atoms with Crippen LogP contribution in [0.3, 0.4) is 0 Å². The minimum absolute atomic E-state index is 0.0704. The Labute approximate surface area is 129 Å². The maximum absolute atomic E-state index is 11.9. The number of carbonyl (C=O) groups is 1. The molecule has 2 aromatic rings. The van der Waals surface area contributed by atoms with Crippen molar-refractivity contribution in [3.8, 4) is 0 Å². The highest BCUT2D eigenvalue weighted by Crippen LogP contribution is 2.19. The molecule has 0 saturated heterocycles. The van der Waals surface area contributed by atoms with E-state index in [4.69, 9.17) is 0 Å². The van der Waals surface area contributed by atoms with Gasteiger partial charge in [-0.25, -0.2) is 4.98 Å². The van der Waals surface area contributed by atoms with Crippen LogP contribution in [0.5, 0.6) is 0 Å². The molecule has 0 fully saturated rings. The highest BCUT2D eigenvalue weighted by Gasteiger charge is 2.09. The third-order valence-electron chi connectivity index (χ3n) is 3.38. The number of carbonyl (C=O) groups excluding carboxylic acids is 1. The van der Waals surface area contributed by atoms with Crippen molar-refractivity contribution in [3.63, 3.8) is 0 Å². The molecule has 0 saturated carbocycles. The van der Waals surface area contributed by atoms with Crippen LogP contribution in [0.4, 0.5) is 0 Å². The fourth-order valence-electron chi connectivity index (χ4n) is 2.13. The fourth-order valence-corrected chi connectivity index (χ4v) is 3.24. The van der Waals surface area contributed by atoms with E-state index in [-0.39, 0.29) is 5.91 Å². The van der Waals surface area contributed by atoms with Crippen molar-refractivity contribution >= 4 is 17.2 Å². The largest absolute Gasteiger partial charge is 0.351 e. The smallest absolute Gasteiger partial charge is 0.220 e. The average Bonchev–Trinajstić information content (AvgIpc) is 3.01. The van der Waals surface area contributed by atoms with E-state index in [1.165, 1.54) is 0 Å². The quantitative estimate of drug-likeness (QED) is 0.854. The molecule has 0 atom stereocenters. The number of nitrogens with zero attached hydrogens (tertiary/aromatic N) is 3. The molecule has 1 amide bonds. The van der Waals surface area contributed by atoms with Gasteiger partial charge in [0.15, 0.2) is 0 Å². The van der Waals surface area contributed by atoms with Crippen molar-refractivity contribution in [2.75, 3.05) is 0 Å². The molecule has 0 aromatic carbocycles. The Morgan fingerprint density at radius 2 is 2.24 bits per heavy atom. The number of aryl methyl sites for hydroxylation is 4. The van der Waals surface area contributed by atoms with Crippen LogP contribution in [0.25, 0.3) is 0 Å². The van der Waals surface area contributed by atoms with Crippen molar-refractivity contribution in [2.45, 2.75) is 46.1 Å². The molecular weight excluding hydrogens is 284 g/mol. The molecule has 5 nitrogen and oxygen atoms in total. The number of amides is 1. The molecule has 0 unspecified atom stereocenters. The summed E-state index contributed by atoms with van der Waals surface area (Å²) in [7, 11) is 1.89. The van der Waals surface area contributed by atoms with Crippen LogP contribution < -0.4 is 5.32 Å². The predicted octanol–water partition coefficient (Wildman–Crippen LogP) is 2.39. The second-order valence-electron chi connectivity index (χ2n) is 5.09. The molecule has 114 valence electrons. The minimum atomic E-state index is 0.0704. The number of aromatic nitrogens is 3. The average molecular weight is 306 g/mol. The molecule has 21 heavy (non-hydrogen) atoms. The van der Waals surface area contributed by atoms with Gasteiger partial charge < -0.3 is 5.32 Å². The van der Waals surface area contributed by atoms with E-state index in [9.17, 15) is 4.79 Å². The number of thiazole rings is 1. The van der Waals surface area contributed by atoms with Gasteiger partial charge in [-0.2, -0.15) is 5.10 Å². The van der Waals surface area contributed by atoms with Crippen LogP contribution in [0, 0.1) is 6.92 Å². The van der Waals surface area contributed by atoms with E-state index >= 15 is 0 Å². The van der Waals surface area contributed by atoms with Crippen molar-refractivity contribution < 1.29 is 4.79 Å². The van der Waals surface area contributed by atoms with Gasteiger partial charge in [0.25, 0.3) is 0 Å². The van der Waals surface area contributed by atoms with Gasteiger partial charge in [-0.3, -0.25) is 9.48 Å². The van der Waals surface area contributed by atoms with E-state index in [1.807, 2.05) is 20.0 Å². The first-order valence-corrected chi connectivity index (χ1v) is 8.10. The summed E-state index contributed by atoms with van der Waals surface area (Å²) >= 11 is 1.70. The highest BCUT2D eigenvalue weighted by molar-refractivity contribution is 7.11. The van der Waals surface area contributed by atoms with Crippen LogP contribution in [0.15, 0.2) is 12.3 Å². The Morgan fingerprint density at radius 3 is 2.90 bits per heavy atom. The van der Waals surface area contributed by atoms with Crippen molar-refractivity contribution in [3.05, 3.63) is 33.5 Å². The summed E-state index contributed by atoms with van der Waals surface area (Å²) in [5, 5.41) is 8.24. The maximum Gasteiger partial charge on any atom is 0.220 e. The van der Waals surface area contributed by atoms with Crippen molar-refractivity contribution in [1.82, 2.24) is 20.1 Å². The van der Waals surface area contributed by atoms with E-state index in [0.717, 1.165) is 34.1 Å². The van der Waals surface area contributed by atoms with Crippen molar-refractivity contribution in [2.24, 2.45) is 7.05 Å². The fraction of sp³-hybridized carbons (Fsp3) is 0.533. The summed E-state index contributed by atoms with van der Waals surface area (Å²) in [6.07, 6.45) is 5.07. The first-order valence-electron chi connectivity index (χ1n) is 7.29. The van der Waals surface area contributed by atoms with E-state index in [1.54, 1.807) is 22.2 Å². The lowest BCUT2D eigenvalue weighted by atomic mass is 10.2. The van der Waals surface area contributed by atoms with E-state index in [2.05, 4.69) is 22.3 Å². The molecule has 0 bridgehead atoms. The Kier molecular flexibility index (Phi) is 5.50. The second-order valence-corrected chi connectivity index (χ2v) is 6.26. The second kappa shape index (κ2) is 7.36. The molecule has 0 spiro atoms. The molecule has 1 N–H and O–H groups in total. The molecule has 2 aromatic heterocycles. The molecule has 2 heterocycles. The van der Waals surface area contributed by atoms with Crippen LogP contribution in [-0.2, 0) is 31.2 Å². The lowest BCUT2D eigenvalue weighted by molar-refractivity contribution is -0.121. The van der Waals surface area contributed by atoms with Crippen LogP contribution in [0.2, 0.25) is 0 Å². The lowest BCUT2D eigenvalue weighted by Crippen LogP contribution is -2.23. The van der Waals surface area contributed by atoms with E-state index < -0.39 is 0 Å². The zero-order valence-electron chi connectivity index (χ0n) is 12.8. The Bertz CT molecular complexity index is 603. The predicted molar refractivity (Wildman–Crippen MR) is 84.2 cm³/mol. The van der Waals surface area contributed by atoms with Crippen LogP contribution in [0.1, 0.15) is 41.0 Å². The molecule has 0 aliphatic heterocycles. The van der Waals surface area contributed by atoms with Crippen LogP contribution >= 0.6 is 11.3 Å². The van der Waals surface area contributed by atoms with E-state index in [0.29, 0.717) is 19.4 Å². The summed E-state index contributed by atoms with van der Waals surface area (Å²) in [5.41, 5.74) is 2.11. The van der Waals surface area contributed by atoms with Gasteiger partial charge in [0, 0.05) is 30.2 Å². The zero-order valence-corrected chi connectivity index (χ0v) is 13.7. The maximum atomic E-state index is 11.9. The summed E-state index contributed by atoms with van der Waals surface area (Å²) < 4.78 is 1.80. The highest BCUT2D eigenvalue weighted by atomic mass is 32.1. The first-order chi connectivity index (χ1) is 10.1. The zero-order chi connectivity index (χ0) is 15.2. The number of hydrogen-bond acceptors (Lipinski definition) is 4. The number of nitrogens with one attached hydrogen (secondary N) is 1. The molecule has 0 aliphatic rings. The van der Waals surface area contributed by atoms with Crippen LogP contribution in [-0.4, -0.2) is 20.7 Å². The molecular formula is C15H22N4OS. The van der Waals surface area contributed by atoms with Gasteiger partial charge in [-0.1, -0.05) is 6.92 Å². The van der Waals surface area contributed by atoms with Gasteiger partial charge in [0.05, 0.1) is 17.2 Å². The molecule has 0 radical (unpaired) electrons. The lowest BCUT2D eigenvalue weighted by Gasteiger charge is -2.04. The number of hydrogen-bond donors (Lipinski definition) is 1. The molecule has 6 heteroatoms. The third kappa shape index (κ3) is 4.39. The number of rotatable bonds is 7. The standard InChI is InChI=1S/C15H22N4OS/c1-4-5-15-18-11(2)13(21-15)10-16-14(20)7-6-12-8-9-17-19(12)3/h8-9H,4-7,10H2,1-3H3,(H,16,20). The SMILES string of the molecule is CCCc1nc(C)c(CNC(=O)CCc2ccnn2C)s1. The summed E-state index contributed by atoms with van der Waals surface area (Å²) in [6.45, 7) is 4.74. The molecule has 2 rings (SSSR count). The Morgan fingerprint density at radius 1 is 1.43 bits per heavy atom. The van der Waals surface area contributed by atoms with Gasteiger partial charge >= 0.3 is 0 Å². The topological polar surface area (TPSA) is 59.8 Å². The van der Waals surface area contributed by atoms with Gasteiger partial charge in [-0.15, -0.1) is 11.3 Å². The normalized spacial score (nSPS) is 10.8. The van der Waals surface area contributed by atoms with Gasteiger partial charge in [0.1, 0.15) is 0 Å². The van der Waals surface area contributed by atoms with Gasteiger partial charge in [-0.05, 0) is 32.3 Å². The Hall–Kier alpha value is -1.69.